The summed E-state index contributed by atoms with van der Waals surface area (Å²) < 4.78 is 4.99. The van der Waals surface area contributed by atoms with E-state index in [1.54, 1.807) is 38.8 Å². The summed E-state index contributed by atoms with van der Waals surface area (Å²) in [5.74, 6) is 1.31. The zero-order valence-corrected chi connectivity index (χ0v) is 9.14. The van der Waals surface area contributed by atoms with Crippen molar-refractivity contribution in [2.45, 2.75) is 0 Å². The van der Waals surface area contributed by atoms with Crippen molar-refractivity contribution >= 4 is 5.82 Å². The molecule has 2 rings (SSSR count). The minimum Gasteiger partial charge on any atom is -0.481 e. The Morgan fingerprint density at radius 3 is 2.69 bits per heavy atom. The van der Waals surface area contributed by atoms with Crippen LogP contribution in [0.4, 0.5) is 5.82 Å². The van der Waals surface area contributed by atoms with Gasteiger partial charge in [-0.3, -0.25) is 4.98 Å². The molecule has 82 valence electrons. The quantitative estimate of drug-likeness (QED) is 0.844. The van der Waals surface area contributed by atoms with Crippen LogP contribution in [0.3, 0.4) is 0 Å². The smallest absolute Gasteiger partial charge is 0.212 e. The van der Waals surface area contributed by atoms with Crippen LogP contribution in [0.15, 0.2) is 30.7 Å². The van der Waals surface area contributed by atoms with Crippen molar-refractivity contribution in [2.24, 2.45) is 0 Å². The second-order valence-electron chi connectivity index (χ2n) is 3.13. The van der Waals surface area contributed by atoms with Gasteiger partial charge in [0.05, 0.1) is 25.2 Å². The van der Waals surface area contributed by atoms with Crippen molar-refractivity contribution in [1.82, 2.24) is 15.0 Å². The van der Waals surface area contributed by atoms with Gasteiger partial charge in [-0.05, 0) is 6.07 Å². The Hall–Kier alpha value is -2.17. The number of rotatable bonds is 3. The molecule has 5 nitrogen and oxygen atoms in total. The molecule has 0 amide bonds. The number of hydrogen-bond donors (Lipinski definition) is 1. The fourth-order valence-corrected chi connectivity index (χ4v) is 1.28. The molecule has 0 bridgehead atoms. The van der Waals surface area contributed by atoms with Gasteiger partial charge in [0, 0.05) is 24.9 Å². The SMILES string of the molecule is CNc1cncc(-c2ccc(OC)nc2)n1. The Morgan fingerprint density at radius 1 is 1.19 bits per heavy atom. The van der Waals surface area contributed by atoms with Crippen LogP contribution >= 0.6 is 0 Å². The molecule has 2 aromatic rings. The van der Waals surface area contributed by atoms with Crippen molar-refractivity contribution in [3.8, 4) is 17.1 Å². The van der Waals surface area contributed by atoms with Crippen molar-refractivity contribution in [3.63, 3.8) is 0 Å². The number of aromatic nitrogens is 3. The first-order valence-corrected chi connectivity index (χ1v) is 4.83. The van der Waals surface area contributed by atoms with E-state index in [9.17, 15) is 0 Å². The Bertz CT molecular complexity index is 470. The van der Waals surface area contributed by atoms with E-state index in [4.69, 9.17) is 4.74 Å². The second-order valence-corrected chi connectivity index (χ2v) is 3.13. The maximum atomic E-state index is 4.99. The van der Waals surface area contributed by atoms with Gasteiger partial charge >= 0.3 is 0 Å². The van der Waals surface area contributed by atoms with Crippen molar-refractivity contribution in [1.29, 1.82) is 0 Å². The topological polar surface area (TPSA) is 59.9 Å². The molecule has 0 saturated carbocycles. The number of pyridine rings is 1. The van der Waals surface area contributed by atoms with Crippen molar-refractivity contribution in [3.05, 3.63) is 30.7 Å². The summed E-state index contributed by atoms with van der Waals surface area (Å²) in [5, 5.41) is 2.94. The average Bonchev–Trinajstić information content (AvgIpc) is 2.39. The normalized spacial score (nSPS) is 9.88. The third kappa shape index (κ3) is 2.08. The van der Waals surface area contributed by atoms with Crippen LogP contribution < -0.4 is 10.1 Å². The van der Waals surface area contributed by atoms with E-state index in [1.807, 2.05) is 6.07 Å². The molecule has 2 aromatic heterocycles. The van der Waals surface area contributed by atoms with Crippen molar-refractivity contribution < 1.29 is 4.74 Å². The van der Waals surface area contributed by atoms with Crippen LogP contribution in [-0.2, 0) is 0 Å². The molecule has 0 aliphatic rings. The van der Waals surface area contributed by atoms with Crippen LogP contribution in [-0.4, -0.2) is 29.1 Å². The van der Waals surface area contributed by atoms with E-state index < -0.39 is 0 Å². The molecule has 0 fully saturated rings. The fraction of sp³-hybridized carbons (Fsp3) is 0.182. The van der Waals surface area contributed by atoms with Gasteiger partial charge in [0.25, 0.3) is 0 Å². The number of ether oxygens (including phenoxy) is 1. The first-order chi connectivity index (χ1) is 7.83. The maximum absolute atomic E-state index is 4.99. The van der Waals surface area contributed by atoms with Crippen molar-refractivity contribution in [2.75, 3.05) is 19.5 Å². The minimum absolute atomic E-state index is 0.585. The zero-order chi connectivity index (χ0) is 11.4. The standard InChI is InChI=1S/C11H12N4O/c1-12-10-7-13-6-9(15-10)8-3-4-11(16-2)14-5-8/h3-7H,1-2H3,(H,12,15). The summed E-state index contributed by atoms with van der Waals surface area (Å²) in [6, 6.07) is 3.69. The van der Waals surface area contributed by atoms with E-state index in [1.165, 1.54) is 0 Å². The molecule has 0 saturated heterocycles. The van der Waals surface area contributed by atoms with Crippen LogP contribution in [0.1, 0.15) is 0 Å². The largest absolute Gasteiger partial charge is 0.481 e. The highest BCUT2D eigenvalue weighted by molar-refractivity contribution is 5.59. The highest BCUT2D eigenvalue weighted by Gasteiger charge is 2.02. The second kappa shape index (κ2) is 4.57. The molecule has 16 heavy (non-hydrogen) atoms. The Kier molecular flexibility index (Phi) is 2.95. The number of methoxy groups -OCH3 is 1. The Morgan fingerprint density at radius 2 is 2.06 bits per heavy atom. The lowest BCUT2D eigenvalue weighted by molar-refractivity contribution is 0.398. The van der Waals surface area contributed by atoms with Gasteiger partial charge in [-0.1, -0.05) is 0 Å². The number of hydrogen-bond acceptors (Lipinski definition) is 5. The molecule has 5 heteroatoms. The zero-order valence-electron chi connectivity index (χ0n) is 9.14. The molecular weight excluding hydrogens is 204 g/mol. The van der Waals surface area contributed by atoms with Gasteiger partial charge < -0.3 is 10.1 Å². The minimum atomic E-state index is 0.585. The molecule has 0 radical (unpaired) electrons. The molecule has 0 spiro atoms. The van der Waals surface area contributed by atoms with Gasteiger partial charge in [0.15, 0.2) is 0 Å². The predicted molar refractivity (Wildman–Crippen MR) is 61.4 cm³/mol. The molecular formula is C11H12N4O. The van der Waals surface area contributed by atoms with Gasteiger partial charge in [0.1, 0.15) is 5.82 Å². The Balaban J connectivity index is 2.34. The van der Waals surface area contributed by atoms with Crippen LogP contribution in [0, 0.1) is 0 Å². The molecule has 1 N–H and O–H groups in total. The third-order valence-electron chi connectivity index (χ3n) is 2.13. The number of nitrogens with one attached hydrogen (secondary N) is 1. The number of nitrogens with zero attached hydrogens (tertiary/aromatic N) is 3. The summed E-state index contributed by atoms with van der Waals surface area (Å²) in [4.78, 5) is 12.6. The van der Waals surface area contributed by atoms with Gasteiger partial charge in [-0.15, -0.1) is 0 Å². The van der Waals surface area contributed by atoms with E-state index >= 15 is 0 Å². The summed E-state index contributed by atoms with van der Waals surface area (Å²) in [6.45, 7) is 0. The highest BCUT2D eigenvalue weighted by atomic mass is 16.5. The number of anilines is 1. The van der Waals surface area contributed by atoms with Gasteiger partial charge in [-0.2, -0.15) is 0 Å². The van der Waals surface area contributed by atoms with Crippen LogP contribution in [0.25, 0.3) is 11.3 Å². The lowest BCUT2D eigenvalue weighted by Gasteiger charge is -2.03. The maximum Gasteiger partial charge on any atom is 0.212 e. The van der Waals surface area contributed by atoms with E-state index in [0.29, 0.717) is 5.88 Å². The third-order valence-corrected chi connectivity index (χ3v) is 2.13. The lowest BCUT2D eigenvalue weighted by Crippen LogP contribution is -1.95. The fourth-order valence-electron chi connectivity index (χ4n) is 1.28. The van der Waals surface area contributed by atoms with E-state index in [-0.39, 0.29) is 0 Å². The summed E-state index contributed by atoms with van der Waals surface area (Å²) >= 11 is 0. The van der Waals surface area contributed by atoms with E-state index in [2.05, 4.69) is 20.3 Å². The molecule has 0 aliphatic heterocycles. The Labute approximate surface area is 93.5 Å². The molecule has 0 atom stereocenters. The van der Waals surface area contributed by atoms with Crippen LogP contribution in [0.5, 0.6) is 5.88 Å². The predicted octanol–water partition coefficient (Wildman–Crippen LogP) is 1.59. The molecule has 0 aromatic carbocycles. The van der Waals surface area contributed by atoms with E-state index in [0.717, 1.165) is 17.1 Å². The molecule has 0 aliphatic carbocycles. The van der Waals surface area contributed by atoms with Crippen LogP contribution in [0.2, 0.25) is 0 Å². The van der Waals surface area contributed by atoms with Gasteiger partial charge in [0.2, 0.25) is 5.88 Å². The molecule has 0 unspecified atom stereocenters. The lowest BCUT2D eigenvalue weighted by atomic mass is 10.2. The average molecular weight is 216 g/mol. The van der Waals surface area contributed by atoms with Gasteiger partial charge in [-0.25, -0.2) is 9.97 Å². The summed E-state index contributed by atoms with van der Waals surface area (Å²) in [7, 11) is 3.39. The molecule has 2 heterocycles. The highest BCUT2D eigenvalue weighted by Crippen LogP contribution is 2.18. The monoisotopic (exact) mass is 216 g/mol. The summed E-state index contributed by atoms with van der Waals surface area (Å²) in [5.41, 5.74) is 1.69. The first-order valence-electron chi connectivity index (χ1n) is 4.83. The first kappa shape index (κ1) is 10.4. The summed E-state index contributed by atoms with van der Waals surface area (Å²) in [6.07, 6.45) is 5.08.